The van der Waals surface area contributed by atoms with Crippen LogP contribution in [0.5, 0.6) is 0 Å². The third kappa shape index (κ3) is 3.61. The minimum Gasteiger partial charge on any atom is -0.345 e. The van der Waals surface area contributed by atoms with Crippen LogP contribution >= 0.6 is 24.0 Å². The van der Waals surface area contributed by atoms with E-state index in [0.717, 1.165) is 12.8 Å². The first-order valence-electron chi connectivity index (χ1n) is 7.82. The number of carbonyl (C=O) groups excluding carboxylic acids is 2. The second-order valence-electron chi connectivity index (χ2n) is 6.40. The number of nitrogens with one attached hydrogen (secondary N) is 2. The molecule has 1 unspecified atom stereocenters. The zero-order chi connectivity index (χ0) is 16.6. The highest BCUT2D eigenvalue weighted by Crippen LogP contribution is 2.39. The van der Waals surface area contributed by atoms with Crippen molar-refractivity contribution < 1.29 is 9.59 Å². The van der Waals surface area contributed by atoms with E-state index in [1.165, 1.54) is 0 Å². The number of urea groups is 1. The zero-order valence-electron chi connectivity index (χ0n) is 13.5. The second kappa shape index (κ2) is 7.17. The van der Waals surface area contributed by atoms with Crippen molar-refractivity contribution in [2.75, 3.05) is 24.5 Å². The van der Waals surface area contributed by atoms with Gasteiger partial charge in [-0.05, 0) is 43.9 Å². The molecule has 132 valence electrons. The van der Waals surface area contributed by atoms with Crippen molar-refractivity contribution in [1.82, 2.24) is 10.6 Å². The Morgan fingerprint density at radius 2 is 2.21 bits per heavy atom. The number of nitrogens with zero attached hydrogens (tertiary/aromatic N) is 1. The van der Waals surface area contributed by atoms with E-state index < -0.39 is 5.54 Å². The fourth-order valence-corrected chi connectivity index (χ4v) is 3.14. The molecule has 1 aliphatic carbocycles. The summed E-state index contributed by atoms with van der Waals surface area (Å²) in [4.78, 5) is 26.0. The van der Waals surface area contributed by atoms with Crippen LogP contribution in [0.4, 0.5) is 10.5 Å². The summed E-state index contributed by atoms with van der Waals surface area (Å²) in [6, 6.07) is 4.89. The molecule has 1 saturated heterocycles. The Kier molecular flexibility index (Phi) is 5.63. The molecular formula is C16H22Cl2N4O2. The number of carbonyl (C=O) groups is 2. The number of benzene rings is 1. The van der Waals surface area contributed by atoms with Gasteiger partial charge in [0.15, 0.2) is 0 Å². The van der Waals surface area contributed by atoms with Crippen LogP contribution in [0, 0.1) is 5.92 Å². The maximum atomic E-state index is 12.7. The topological polar surface area (TPSA) is 87.5 Å². The van der Waals surface area contributed by atoms with E-state index in [1.807, 2.05) is 6.92 Å². The number of hydrogen-bond donors (Lipinski definition) is 3. The van der Waals surface area contributed by atoms with Crippen molar-refractivity contribution in [3.8, 4) is 0 Å². The van der Waals surface area contributed by atoms with Gasteiger partial charge in [0.25, 0.3) is 5.91 Å². The standard InChI is InChI=1S/C16H21ClN4O2.ClH/c1-16(9-18,10-2-3-10)20-14(22)12-8-11(4-5-13(12)17)21-7-6-19-15(21)23;/h4-5,8,10H,2-3,6-7,9,18H2,1H3,(H,19,23)(H,20,22);1H. The van der Waals surface area contributed by atoms with Gasteiger partial charge in [0.2, 0.25) is 0 Å². The lowest BCUT2D eigenvalue weighted by Gasteiger charge is -2.30. The molecule has 1 aromatic rings. The maximum absolute atomic E-state index is 12.7. The van der Waals surface area contributed by atoms with Gasteiger partial charge in [0, 0.05) is 25.3 Å². The van der Waals surface area contributed by atoms with E-state index in [1.54, 1.807) is 23.1 Å². The van der Waals surface area contributed by atoms with Crippen molar-refractivity contribution in [3.05, 3.63) is 28.8 Å². The van der Waals surface area contributed by atoms with Gasteiger partial charge in [-0.2, -0.15) is 0 Å². The number of amides is 3. The third-order valence-electron chi connectivity index (χ3n) is 4.66. The molecule has 8 heteroatoms. The molecule has 3 rings (SSSR count). The van der Waals surface area contributed by atoms with Crippen LogP contribution in [0.2, 0.25) is 5.02 Å². The highest BCUT2D eigenvalue weighted by molar-refractivity contribution is 6.34. The van der Waals surface area contributed by atoms with Crippen LogP contribution in [0.1, 0.15) is 30.1 Å². The van der Waals surface area contributed by atoms with Crippen LogP contribution in [0.25, 0.3) is 0 Å². The van der Waals surface area contributed by atoms with Crippen molar-refractivity contribution in [2.45, 2.75) is 25.3 Å². The first-order valence-corrected chi connectivity index (χ1v) is 8.20. The molecule has 3 amide bonds. The largest absolute Gasteiger partial charge is 0.345 e. The monoisotopic (exact) mass is 372 g/mol. The predicted molar refractivity (Wildman–Crippen MR) is 97.1 cm³/mol. The summed E-state index contributed by atoms with van der Waals surface area (Å²) in [7, 11) is 0. The number of anilines is 1. The van der Waals surface area contributed by atoms with Gasteiger partial charge in [-0.1, -0.05) is 11.6 Å². The number of nitrogens with two attached hydrogens (primary N) is 1. The van der Waals surface area contributed by atoms with Crippen LogP contribution < -0.4 is 21.3 Å². The molecule has 4 N–H and O–H groups in total. The SMILES string of the molecule is CC(CN)(NC(=O)c1cc(N2CCNC2=O)ccc1Cl)C1CC1.Cl. The molecule has 1 aromatic carbocycles. The summed E-state index contributed by atoms with van der Waals surface area (Å²) in [6.07, 6.45) is 2.16. The van der Waals surface area contributed by atoms with Gasteiger partial charge in [0.05, 0.1) is 16.1 Å². The van der Waals surface area contributed by atoms with Crippen LogP contribution in [-0.2, 0) is 0 Å². The zero-order valence-corrected chi connectivity index (χ0v) is 15.0. The van der Waals surface area contributed by atoms with E-state index >= 15 is 0 Å². The van der Waals surface area contributed by atoms with Crippen LogP contribution in [-0.4, -0.2) is 37.1 Å². The minimum atomic E-state index is -0.415. The minimum absolute atomic E-state index is 0. The Hall–Kier alpha value is -1.50. The summed E-state index contributed by atoms with van der Waals surface area (Å²) in [5, 5.41) is 6.12. The molecule has 0 radical (unpaired) electrons. The Labute approximate surface area is 152 Å². The fourth-order valence-electron chi connectivity index (χ4n) is 2.94. The first-order chi connectivity index (χ1) is 10.9. The average molecular weight is 373 g/mol. The highest BCUT2D eigenvalue weighted by Gasteiger charge is 2.41. The molecule has 2 aliphatic rings. The smallest absolute Gasteiger partial charge is 0.321 e. The van der Waals surface area contributed by atoms with Gasteiger partial charge in [-0.15, -0.1) is 12.4 Å². The van der Waals surface area contributed by atoms with Crippen molar-refractivity contribution in [3.63, 3.8) is 0 Å². The quantitative estimate of drug-likeness (QED) is 0.739. The molecule has 1 heterocycles. The molecule has 1 saturated carbocycles. The Bertz CT molecular complexity index is 651. The maximum Gasteiger partial charge on any atom is 0.321 e. The van der Waals surface area contributed by atoms with Crippen molar-refractivity contribution in [2.24, 2.45) is 11.7 Å². The first kappa shape index (κ1) is 18.8. The summed E-state index contributed by atoms with van der Waals surface area (Å²) in [6.45, 7) is 3.52. The molecule has 0 bridgehead atoms. The molecule has 2 fully saturated rings. The lowest BCUT2D eigenvalue weighted by Crippen LogP contribution is -2.53. The van der Waals surface area contributed by atoms with Gasteiger partial charge >= 0.3 is 6.03 Å². The average Bonchev–Trinajstić information content (AvgIpc) is 3.31. The van der Waals surface area contributed by atoms with E-state index in [-0.39, 0.29) is 24.3 Å². The Morgan fingerprint density at radius 3 is 2.75 bits per heavy atom. The van der Waals surface area contributed by atoms with Gasteiger partial charge < -0.3 is 16.4 Å². The van der Waals surface area contributed by atoms with Gasteiger partial charge in [-0.3, -0.25) is 9.69 Å². The van der Waals surface area contributed by atoms with Crippen LogP contribution in [0.3, 0.4) is 0 Å². The molecule has 24 heavy (non-hydrogen) atoms. The molecule has 0 aromatic heterocycles. The van der Waals surface area contributed by atoms with Crippen molar-refractivity contribution >= 4 is 41.6 Å². The summed E-state index contributed by atoms with van der Waals surface area (Å²) in [5.74, 6) is 0.166. The van der Waals surface area contributed by atoms with Crippen LogP contribution in [0.15, 0.2) is 18.2 Å². The van der Waals surface area contributed by atoms with E-state index in [0.29, 0.717) is 41.8 Å². The highest BCUT2D eigenvalue weighted by atomic mass is 35.5. The summed E-state index contributed by atoms with van der Waals surface area (Å²) < 4.78 is 0. The molecule has 6 nitrogen and oxygen atoms in total. The van der Waals surface area contributed by atoms with E-state index in [2.05, 4.69) is 10.6 Å². The lowest BCUT2D eigenvalue weighted by molar-refractivity contribution is 0.0898. The lowest BCUT2D eigenvalue weighted by atomic mass is 9.95. The normalized spacial score (nSPS) is 19.3. The molecule has 1 atom stereocenters. The summed E-state index contributed by atoms with van der Waals surface area (Å²) >= 11 is 6.19. The van der Waals surface area contributed by atoms with Crippen molar-refractivity contribution in [1.29, 1.82) is 0 Å². The number of halogens is 2. The fraction of sp³-hybridized carbons (Fsp3) is 0.500. The predicted octanol–water partition coefficient (Wildman–Crippen LogP) is 2.15. The van der Waals surface area contributed by atoms with Gasteiger partial charge in [-0.25, -0.2) is 4.79 Å². The van der Waals surface area contributed by atoms with E-state index in [4.69, 9.17) is 17.3 Å². The Balaban J connectivity index is 0.00000208. The molecule has 0 spiro atoms. The second-order valence-corrected chi connectivity index (χ2v) is 6.80. The summed E-state index contributed by atoms with van der Waals surface area (Å²) in [5.41, 5.74) is 6.46. The number of hydrogen-bond acceptors (Lipinski definition) is 3. The molecular weight excluding hydrogens is 351 g/mol. The number of rotatable bonds is 5. The third-order valence-corrected chi connectivity index (χ3v) is 4.99. The van der Waals surface area contributed by atoms with Gasteiger partial charge in [0.1, 0.15) is 0 Å². The Morgan fingerprint density at radius 1 is 1.50 bits per heavy atom. The van der Waals surface area contributed by atoms with E-state index in [9.17, 15) is 9.59 Å². The molecule has 1 aliphatic heterocycles.